The SMILES string of the molecule is OCC#Cc1ccccc1C#CCCCCCCC#Cc1ccccc1C#CCO. The summed E-state index contributed by atoms with van der Waals surface area (Å²) < 4.78 is 0. The molecule has 2 N–H and O–H groups in total. The minimum atomic E-state index is -0.142. The van der Waals surface area contributed by atoms with Gasteiger partial charge in [-0.1, -0.05) is 84.5 Å². The molecule has 0 aliphatic heterocycles. The summed E-state index contributed by atoms with van der Waals surface area (Å²) in [6, 6.07) is 15.5. The van der Waals surface area contributed by atoms with Crippen LogP contribution < -0.4 is 0 Å². The highest BCUT2D eigenvalue weighted by atomic mass is 16.3. The Kier molecular flexibility index (Phi) is 11.1. The van der Waals surface area contributed by atoms with Crippen LogP contribution >= 0.6 is 0 Å². The zero-order valence-electron chi connectivity index (χ0n) is 17.2. The molecule has 0 aliphatic rings. The summed E-state index contributed by atoms with van der Waals surface area (Å²) in [7, 11) is 0. The topological polar surface area (TPSA) is 40.5 Å². The number of benzene rings is 2. The van der Waals surface area contributed by atoms with E-state index in [0.717, 1.165) is 60.8 Å². The van der Waals surface area contributed by atoms with Crippen molar-refractivity contribution in [1.82, 2.24) is 0 Å². The molecule has 0 radical (unpaired) electrons. The second-order valence-corrected chi connectivity index (χ2v) is 6.53. The molecule has 0 saturated carbocycles. The van der Waals surface area contributed by atoms with Crippen LogP contribution in [0, 0.1) is 47.4 Å². The van der Waals surface area contributed by atoms with Crippen LogP contribution in [-0.2, 0) is 0 Å². The lowest BCUT2D eigenvalue weighted by atomic mass is 10.1. The first-order valence-electron chi connectivity index (χ1n) is 10.2. The molecule has 2 aromatic rings. The Morgan fingerprint density at radius 3 is 1.13 bits per heavy atom. The van der Waals surface area contributed by atoms with E-state index in [-0.39, 0.29) is 13.2 Å². The van der Waals surface area contributed by atoms with E-state index in [9.17, 15) is 0 Å². The van der Waals surface area contributed by atoms with E-state index in [1.165, 1.54) is 0 Å². The highest BCUT2D eigenvalue weighted by Gasteiger charge is 1.95. The number of hydrogen-bond acceptors (Lipinski definition) is 2. The molecular weight excluding hydrogens is 368 g/mol. The van der Waals surface area contributed by atoms with Gasteiger partial charge in [0.25, 0.3) is 0 Å². The van der Waals surface area contributed by atoms with Crippen molar-refractivity contribution in [3.63, 3.8) is 0 Å². The van der Waals surface area contributed by atoms with E-state index in [1.807, 2.05) is 48.5 Å². The molecule has 0 spiro atoms. The maximum absolute atomic E-state index is 8.84. The first-order chi connectivity index (χ1) is 14.8. The average molecular weight is 395 g/mol. The molecule has 2 aromatic carbocycles. The van der Waals surface area contributed by atoms with Crippen molar-refractivity contribution in [3.8, 4) is 47.4 Å². The predicted octanol–water partition coefficient (Wildman–Crippen LogP) is 4.12. The zero-order chi connectivity index (χ0) is 21.3. The molecule has 0 fully saturated rings. The van der Waals surface area contributed by atoms with Gasteiger partial charge in [-0.15, -0.1) is 0 Å². The van der Waals surface area contributed by atoms with Crippen molar-refractivity contribution in [2.75, 3.05) is 13.2 Å². The normalized spacial score (nSPS) is 9.00. The molecule has 0 unspecified atom stereocenters. The van der Waals surface area contributed by atoms with Crippen LogP contribution in [0.25, 0.3) is 0 Å². The van der Waals surface area contributed by atoms with Gasteiger partial charge < -0.3 is 10.2 Å². The summed E-state index contributed by atoms with van der Waals surface area (Å²) in [6.07, 6.45) is 6.16. The van der Waals surface area contributed by atoms with Gasteiger partial charge in [0.15, 0.2) is 0 Å². The van der Waals surface area contributed by atoms with Crippen LogP contribution in [-0.4, -0.2) is 23.4 Å². The third kappa shape index (κ3) is 8.74. The molecule has 0 aromatic heterocycles. The molecule has 2 rings (SSSR count). The summed E-state index contributed by atoms with van der Waals surface area (Å²) in [4.78, 5) is 0. The van der Waals surface area contributed by atoms with E-state index < -0.39 is 0 Å². The lowest BCUT2D eigenvalue weighted by molar-refractivity contribution is 0.350. The minimum absolute atomic E-state index is 0.142. The third-order valence-corrected chi connectivity index (χ3v) is 4.26. The first kappa shape index (κ1) is 22.9. The van der Waals surface area contributed by atoms with E-state index in [1.54, 1.807) is 0 Å². The highest BCUT2D eigenvalue weighted by Crippen LogP contribution is 2.08. The predicted molar refractivity (Wildman–Crippen MR) is 122 cm³/mol. The first-order valence-corrected chi connectivity index (χ1v) is 10.2. The van der Waals surface area contributed by atoms with Gasteiger partial charge in [0.1, 0.15) is 13.2 Å². The van der Waals surface area contributed by atoms with Gasteiger partial charge in [-0.3, -0.25) is 0 Å². The molecule has 0 saturated heterocycles. The summed E-state index contributed by atoms with van der Waals surface area (Å²) in [5, 5.41) is 17.7. The van der Waals surface area contributed by atoms with Crippen molar-refractivity contribution < 1.29 is 10.2 Å². The molecule has 0 bridgehead atoms. The van der Waals surface area contributed by atoms with Crippen molar-refractivity contribution in [2.45, 2.75) is 38.5 Å². The number of aliphatic hydroxyl groups is 2. The Balaban J connectivity index is 1.69. The fourth-order valence-corrected chi connectivity index (χ4v) is 2.77. The second kappa shape index (κ2) is 14.6. The van der Waals surface area contributed by atoms with Crippen molar-refractivity contribution >= 4 is 0 Å². The smallest absolute Gasteiger partial charge is 0.104 e. The molecule has 0 heterocycles. The highest BCUT2D eigenvalue weighted by molar-refractivity contribution is 5.50. The Hall–Kier alpha value is -3.40. The largest absolute Gasteiger partial charge is 0.384 e. The van der Waals surface area contributed by atoms with E-state index in [0.29, 0.717) is 0 Å². The van der Waals surface area contributed by atoms with Crippen LogP contribution in [0.15, 0.2) is 48.5 Å². The molecule has 30 heavy (non-hydrogen) atoms. The second-order valence-electron chi connectivity index (χ2n) is 6.53. The number of unbranched alkanes of at least 4 members (excludes halogenated alkanes) is 5. The van der Waals surface area contributed by atoms with Crippen molar-refractivity contribution in [2.24, 2.45) is 0 Å². The van der Waals surface area contributed by atoms with Gasteiger partial charge in [-0.2, -0.15) is 0 Å². The zero-order valence-corrected chi connectivity index (χ0v) is 17.2. The summed E-state index contributed by atoms with van der Waals surface area (Å²) in [6.45, 7) is -0.285. The minimum Gasteiger partial charge on any atom is -0.384 e. The molecule has 2 heteroatoms. The van der Waals surface area contributed by atoms with Crippen LogP contribution in [0.5, 0.6) is 0 Å². The van der Waals surface area contributed by atoms with Gasteiger partial charge in [-0.25, -0.2) is 0 Å². The molecule has 2 nitrogen and oxygen atoms in total. The van der Waals surface area contributed by atoms with Gasteiger partial charge in [0.05, 0.1) is 0 Å². The van der Waals surface area contributed by atoms with Crippen molar-refractivity contribution in [3.05, 3.63) is 70.8 Å². The van der Waals surface area contributed by atoms with Crippen LogP contribution in [0.1, 0.15) is 60.8 Å². The number of rotatable bonds is 5. The Morgan fingerprint density at radius 1 is 0.467 bits per heavy atom. The summed E-state index contributed by atoms with van der Waals surface area (Å²) in [5.74, 6) is 24.0. The maximum atomic E-state index is 8.84. The van der Waals surface area contributed by atoms with Gasteiger partial charge in [0.2, 0.25) is 0 Å². The summed E-state index contributed by atoms with van der Waals surface area (Å²) in [5.41, 5.74) is 3.55. The number of hydrogen-bond donors (Lipinski definition) is 2. The fourth-order valence-electron chi connectivity index (χ4n) is 2.77. The van der Waals surface area contributed by atoms with Crippen LogP contribution in [0.2, 0.25) is 0 Å². The molecule has 150 valence electrons. The number of aliphatic hydroxyl groups excluding tert-OH is 2. The summed E-state index contributed by atoms with van der Waals surface area (Å²) >= 11 is 0. The molecule has 0 atom stereocenters. The lowest BCUT2D eigenvalue weighted by Crippen LogP contribution is -1.84. The quantitative estimate of drug-likeness (QED) is 0.592. The lowest BCUT2D eigenvalue weighted by Gasteiger charge is -1.97. The van der Waals surface area contributed by atoms with Crippen LogP contribution in [0.3, 0.4) is 0 Å². The molecule has 0 aliphatic carbocycles. The Morgan fingerprint density at radius 2 is 0.800 bits per heavy atom. The monoisotopic (exact) mass is 394 g/mol. The van der Waals surface area contributed by atoms with E-state index in [4.69, 9.17) is 10.2 Å². The Labute approximate surface area is 180 Å². The van der Waals surface area contributed by atoms with Gasteiger partial charge >= 0.3 is 0 Å². The third-order valence-electron chi connectivity index (χ3n) is 4.26. The van der Waals surface area contributed by atoms with Gasteiger partial charge in [0, 0.05) is 35.1 Å². The molecular formula is C28H26O2. The van der Waals surface area contributed by atoms with E-state index in [2.05, 4.69) is 47.4 Å². The molecule has 0 amide bonds. The average Bonchev–Trinajstić information content (AvgIpc) is 2.78. The van der Waals surface area contributed by atoms with Crippen molar-refractivity contribution in [1.29, 1.82) is 0 Å². The standard InChI is InChI=1S/C28H26O2/c29-23-13-21-27-19-11-9-17-25(27)15-7-5-3-1-2-4-6-8-16-26-18-10-12-20-28(26)22-14-24-30/h9-12,17-20,29-30H,1-6,23-24H2. The van der Waals surface area contributed by atoms with Crippen LogP contribution in [0.4, 0.5) is 0 Å². The van der Waals surface area contributed by atoms with E-state index >= 15 is 0 Å². The maximum Gasteiger partial charge on any atom is 0.104 e. The fraction of sp³-hybridized carbons (Fsp3) is 0.286. The van der Waals surface area contributed by atoms with Gasteiger partial charge in [-0.05, 0) is 37.1 Å². The Bertz CT molecular complexity index is 963.